The minimum Gasteiger partial charge on any atom is -0.478 e. The van der Waals surface area contributed by atoms with Gasteiger partial charge in [-0.05, 0) is 29.8 Å². The topological polar surface area (TPSA) is 58.4 Å². The number of carbonyl (C=O) groups is 1. The first-order chi connectivity index (χ1) is 9.95. The minimum absolute atomic E-state index is 0.568. The van der Waals surface area contributed by atoms with Crippen LogP contribution in [0.3, 0.4) is 0 Å². The van der Waals surface area contributed by atoms with Crippen molar-refractivity contribution in [2.24, 2.45) is 7.05 Å². The van der Waals surface area contributed by atoms with Gasteiger partial charge in [0.15, 0.2) is 0 Å². The summed E-state index contributed by atoms with van der Waals surface area (Å²) < 4.78 is 1.75. The van der Waals surface area contributed by atoms with Gasteiger partial charge in [-0.1, -0.05) is 11.6 Å². The van der Waals surface area contributed by atoms with Gasteiger partial charge < -0.3 is 10.0 Å². The number of rotatable bonds is 5. The van der Waals surface area contributed by atoms with E-state index in [9.17, 15) is 4.79 Å². The van der Waals surface area contributed by atoms with Crippen LogP contribution < -0.4 is 4.90 Å². The summed E-state index contributed by atoms with van der Waals surface area (Å²) in [4.78, 5) is 12.7. The predicted octanol–water partition coefficient (Wildman–Crippen LogP) is 2.81. The summed E-state index contributed by atoms with van der Waals surface area (Å²) in [5, 5.41) is 13.5. The van der Waals surface area contributed by atoms with Crippen LogP contribution in [0, 0.1) is 0 Å². The summed E-state index contributed by atoms with van der Waals surface area (Å²) >= 11 is 5.99. The van der Waals surface area contributed by atoms with Gasteiger partial charge in [-0.15, -0.1) is 0 Å². The Morgan fingerprint density at radius 3 is 2.90 bits per heavy atom. The smallest absolute Gasteiger partial charge is 0.328 e. The van der Waals surface area contributed by atoms with E-state index in [1.807, 2.05) is 31.3 Å². The monoisotopic (exact) mass is 305 g/mol. The molecule has 2 aromatic rings. The van der Waals surface area contributed by atoms with E-state index < -0.39 is 5.97 Å². The number of aromatic nitrogens is 2. The first-order valence-electron chi connectivity index (χ1n) is 6.35. The maximum Gasteiger partial charge on any atom is 0.328 e. The molecule has 0 aliphatic heterocycles. The van der Waals surface area contributed by atoms with Crippen molar-refractivity contribution in [3.05, 3.63) is 52.8 Å². The zero-order valence-corrected chi connectivity index (χ0v) is 12.6. The third-order valence-electron chi connectivity index (χ3n) is 2.98. The standard InChI is InChI=1S/C15H16ClN3O2/c1-18(9-11-8-17-19(2)10-11)14-5-4-13(16)7-12(14)3-6-15(20)21/h3-8,10H,9H2,1-2H3,(H,20,21)/b6-3+. The lowest BCUT2D eigenvalue weighted by Gasteiger charge is -2.21. The van der Waals surface area contributed by atoms with Gasteiger partial charge in [0.05, 0.1) is 6.20 Å². The van der Waals surface area contributed by atoms with Crippen molar-refractivity contribution in [2.45, 2.75) is 6.54 Å². The van der Waals surface area contributed by atoms with Crippen LogP contribution in [0.5, 0.6) is 0 Å². The first-order valence-corrected chi connectivity index (χ1v) is 6.72. The molecule has 5 nitrogen and oxygen atoms in total. The van der Waals surface area contributed by atoms with Gasteiger partial charge in [0, 0.05) is 49.2 Å². The molecule has 0 atom stereocenters. The van der Waals surface area contributed by atoms with Crippen LogP contribution in [0.15, 0.2) is 36.7 Å². The molecule has 0 aliphatic carbocycles. The molecule has 2 rings (SSSR count). The lowest BCUT2D eigenvalue weighted by Crippen LogP contribution is -2.17. The number of aryl methyl sites for hydroxylation is 1. The highest BCUT2D eigenvalue weighted by Crippen LogP contribution is 2.26. The van der Waals surface area contributed by atoms with Crippen molar-refractivity contribution < 1.29 is 9.90 Å². The number of hydrogen-bond acceptors (Lipinski definition) is 3. The normalized spacial score (nSPS) is 11.0. The minimum atomic E-state index is -0.990. The summed E-state index contributed by atoms with van der Waals surface area (Å²) in [5.74, 6) is -0.990. The molecule has 1 heterocycles. The number of nitrogens with zero attached hydrogens (tertiary/aromatic N) is 3. The Kier molecular flexibility index (Phi) is 4.65. The predicted molar refractivity (Wildman–Crippen MR) is 83.4 cm³/mol. The highest BCUT2D eigenvalue weighted by molar-refractivity contribution is 6.30. The molecule has 0 radical (unpaired) electrons. The van der Waals surface area contributed by atoms with Crippen LogP contribution in [0.25, 0.3) is 6.08 Å². The SMILES string of the molecule is CN(Cc1cnn(C)c1)c1ccc(Cl)cc1/C=C/C(=O)O. The first kappa shape index (κ1) is 15.1. The fourth-order valence-corrected chi connectivity index (χ4v) is 2.26. The maximum absolute atomic E-state index is 10.7. The molecule has 6 heteroatoms. The van der Waals surface area contributed by atoms with Gasteiger partial charge in [0.2, 0.25) is 0 Å². The molecule has 0 saturated heterocycles. The second-order valence-electron chi connectivity index (χ2n) is 4.75. The van der Waals surface area contributed by atoms with Gasteiger partial charge in [0.25, 0.3) is 0 Å². The van der Waals surface area contributed by atoms with Gasteiger partial charge in [-0.2, -0.15) is 5.10 Å². The Morgan fingerprint density at radius 1 is 1.52 bits per heavy atom. The Morgan fingerprint density at radius 2 is 2.29 bits per heavy atom. The lowest BCUT2D eigenvalue weighted by molar-refractivity contribution is -0.131. The van der Waals surface area contributed by atoms with E-state index in [1.165, 1.54) is 0 Å². The Bertz CT molecular complexity index is 679. The van der Waals surface area contributed by atoms with Gasteiger partial charge >= 0.3 is 5.97 Å². The second-order valence-corrected chi connectivity index (χ2v) is 5.19. The van der Waals surface area contributed by atoms with Crippen LogP contribution in [-0.4, -0.2) is 27.9 Å². The molecule has 110 valence electrons. The lowest BCUT2D eigenvalue weighted by atomic mass is 10.1. The summed E-state index contributed by atoms with van der Waals surface area (Å²) in [6, 6.07) is 5.41. The summed E-state index contributed by atoms with van der Waals surface area (Å²) in [5.41, 5.74) is 2.74. The van der Waals surface area contributed by atoms with Gasteiger partial charge in [-0.3, -0.25) is 4.68 Å². The average molecular weight is 306 g/mol. The molecule has 1 N–H and O–H groups in total. The fraction of sp³-hybridized carbons (Fsp3) is 0.200. The molecular formula is C15H16ClN3O2. The number of hydrogen-bond donors (Lipinski definition) is 1. The quantitative estimate of drug-likeness (QED) is 0.863. The number of aliphatic carboxylic acids is 1. The third-order valence-corrected chi connectivity index (χ3v) is 3.22. The van der Waals surface area contributed by atoms with E-state index in [-0.39, 0.29) is 0 Å². The summed E-state index contributed by atoms with van der Waals surface area (Å²) in [6.07, 6.45) is 6.40. The summed E-state index contributed by atoms with van der Waals surface area (Å²) in [6.45, 7) is 0.670. The molecule has 0 bridgehead atoms. The molecular weight excluding hydrogens is 290 g/mol. The number of benzene rings is 1. The molecule has 0 unspecified atom stereocenters. The molecule has 0 fully saturated rings. The van der Waals surface area contributed by atoms with Crippen molar-refractivity contribution in [1.82, 2.24) is 9.78 Å². The Hall–Kier alpha value is -2.27. The number of anilines is 1. The zero-order chi connectivity index (χ0) is 15.4. The summed E-state index contributed by atoms with van der Waals surface area (Å²) in [7, 11) is 3.81. The second kappa shape index (κ2) is 6.45. The number of halogens is 1. The van der Waals surface area contributed by atoms with Crippen LogP contribution in [0.2, 0.25) is 5.02 Å². The number of carboxylic acid groups (broad SMARTS) is 1. The largest absolute Gasteiger partial charge is 0.478 e. The van der Waals surface area contributed by atoms with Gasteiger partial charge in [-0.25, -0.2) is 4.79 Å². The average Bonchev–Trinajstić information content (AvgIpc) is 2.81. The van der Waals surface area contributed by atoms with Gasteiger partial charge in [0.1, 0.15) is 0 Å². The number of carboxylic acids is 1. The van der Waals surface area contributed by atoms with Crippen LogP contribution in [-0.2, 0) is 18.4 Å². The zero-order valence-electron chi connectivity index (χ0n) is 11.8. The van der Waals surface area contributed by atoms with Crippen molar-refractivity contribution in [2.75, 3.05) is 11.9 Å². The molecule has 0 aliphatic rings. The molecule has 0 spiro atoms. The molecule has 1 aromatic carbocycles. The Labute approximate surface area is 128 Å². The van der Waals surface area contributed by atoms with Crippen molar-refractivity contribution >= 4 is 29.3 Å². The van der Waals surface area contributed by atoms with Crippen LogP contribution >= 0.6 is 11.6 Å². The van der Waals surface area contributed by atoms with Crippen molar-refractivity contribution in [3.8, 4) is 0 Å². The molecule has 0 amide bonds. The Balaban J connectivity index is 2.27. The van der Waals surface area contributed by atoms with Crippen LogP contribution in [0.4, 0.5) is 5.69 Å². The van der Waals surface area contributed by atoms with E-state index in [1.54, 1.807) is 29.1 Å². The molecule has 0 saturated carbocycles. The molecule has 21 heavy (non-hydrogen) atoms. The van der Waals surface area contributed by atoms with E-state index in [4.69, 9.17) is 16.7 Å². The van der Waals surface area contributed by atoms with Crippen LogP contribution in [0.1, 0.15) is 11.1 Å². The van der Waals surface area contributed by atoms with E-state index in [2.05, 4.69) is 5.10 Å². The van der Waals surface area contributed by atoms with E-state index in [0.717, 1.165) is 22.9 Å². The maximum atomic E-state index is 10.7. The van der Waals surface area contributed by atoms with Crippen molar-refractivity contribution in [3.63, 3.8) is 0 Å². The molecule has 1 aromatic heterocycles. The fourth-order valence-electron chi connectivity index (χ4n) is 2.08. The van der Waals surface area contributed by atoms with E-state index >= 15 is 0 Å². The highest BCUT2D eigenvalue weighted by Gasteiger charge is 2.08. The third kappa shape index (κ3) is 4.10. The van der Waals surface area contributed by atoms with E-state index in [0.29, 0.717) is 11.6 Å². The highest BCUT2D eigenvalue weighted by atomic mass is 35.5. The van der Waals surface area contributed by atoms with Crippen molar-refractivity contribution in [1.29, 1.82) is 0 Å².